The lowest BCUT2D eigenvalue weighted by Crippen LogP contribution is -2.29. The Morgan fingerprint density at radius 1 is 1.26 bits per heavy atom. The molecule has 0 spiro atoms. The number of rotatable bonds is 4. The summed E-state index contributed by atoms with van der Waals surface area (Å²) in [6.45, 7) is 2.35. The molecule has 4 heterocycles. The Balaban J connectivity index is 1.41. The van der Waals surface area contributed by atoms with Gasteiger partial charge in [0.15, 0.2) is 0 Å². The summed E-state index contributed by atoms with van der Waals surface area (Å²) in [7, 11) is 0. The minimum Gasteiger partial charge on any atom is -0.350 e. The lowest BCUT2D eigenvalue weighted by molar-refractivity contribution is 0.183. The van der Waals surface area contributed by atoms with E-state index in [1.54, 1.807) is 23.1 Å². The Hall–Kier alpha value is -3.03. The van der Waals surface area contributed by atoms with Gasteiger partial charge in [0.1, 0.15) is 5.67 Å². The number of hydrogen-bond acceptors (Lipinski definition) is 5. The molecule has 0 saturated heterocycles. The fourth-order valence-electron chi connectivity index (χ4n) is 3.91. The van der Waals surface area contributed by atoms with E-state index in [0.717, 1.165) is 23.1 Å². The standard InChI is InChI=1S/C19H20FN7/c1-13-2-4-19(20,8-13)12-24-17-22-10-16-15(3-6-27(16)25-17)14-9-23-18-21-5-7-26(18)11-14/h3,5-7,9-11,13H,2,4,8,12H2,1H3,(H,24,25). The Morgan fingerprint density at radius 2 is 2.19 bits per heavy atom. The van der Waals surface area contributed by atoms with Crippen LogP contribution in [0.2, 0.25) is 0 Å². The summed E-state index contributed by atoms with van der Waals surface area (Å²) < 4.78 is 18.4. The molecular formula is C19H20FN7. The molecule has 0 radical (unpaired) electrons. The lowest BCUT2D eigenvalue weighted by atomic mass is 10.0. The van der Waals surface area contributed by atoms with Crippen LogP contribution in [-0.2, 0) is 0 Å². The maximum atomic E-state index is 14.7. The summed E-state index contributed by atoms with van der Waals surface area (Å²) >= 11 is 0. The zero-order valence-corrected chi connectivity index (χ0v) is 15.0. The van der Waals surface area contributed by atoms with Crippen LogP contribution in [0.3, 0.4) is 0 Å². The van der Waals surface area contributed by atoms with Gasteiger partial charge in [0.2, 0.25) is 11.7 Å². The normalized spacial score (nSPS) is 22.7. The zero-order chi connectivity index (χ0) is 18.4. The minimum absolute atomic E-state index is 0.248. The number of anilines is 1. The van der Waals surface area contributed by atoms with Crippen LogP contribution in [0.5, 0.6) is 0 Å². The lowest BCUT2D eigenvalue weighted by Gasteiger charge is -2.19. The first-order chi connectivity index (χ1) is 13.1. The quantitative estimate of drug-likeness (QED) is 0.600. The van der Waals surface area contributed by atoms with Gasteiger partial charge in [-0.2, -0.15) is 0 Å². The molecule has 0 aromatic carbocycles. The van der Waals surface area contributed by atoms with Crippen LogP contribution in [0.15, 0.2) is 43.2 Å². The predicted molar refractivity (Wildman–Crippen MR) is 100 cm³/mol. The van der Waals surface area contributed by atoms with Gasteiger partial charge in [-0.25, -0.2) is 23.9 Å². The molecule has 138 valence electrons. The van der Waals surface area contributed by atoms with Gasteiger partial charge in [0, 0.05) is 42.1 Å². The molecule has 0 aliphatic heterocycles. The van der Waals surface area contributed by atoms with E-state index in [1.165, 1.54) is 0 Å². The molecule has 2 unspecified atom stereocenters. The van der Waals surface area contributed by atoms with Gasteiger partial charge in [-0.15, -0.1) is 5.10 Å². The van der Waals surface area contributed by atoms with E-state index in [4.69, 9.17) is 0 Å². The van der Waals surface area contributed by atoms with E-state index in [1.807, 2.05) is 29.1 Å². The van der Waals surface area contributed by atoms with Crippen LogP contribution in [0.4, 0.5) is 10.3 Å². The molecular weight excluding hydrogens is 345 g/mol. The molecule has 7 nitrogen and oxygen atoms in total. The van der Waals surface area contributed by atoms with Gasteiger partial charge in [0.05, 0.1) is 18.3 Å². The third-order valence-electron chi connectivity index (χ3n) is 5.34. The number of nitrogens with zero attached hydrogens (tertiary/aromatic N) is 6. The highest BCUT2D eigenvalue weighted by Crippen LogP contribution is 2.37. The van der Waals surface area contributed by atoms with Crippen LogP contribution in [0.1, 0.15) is 26.2 Å². The zero-order valence-electron chi connectivity index (χ0n) is 15.0. The van der Waals surface area contributed by atoms with Crippen molar-refractivity contribution in [2.45, 2.75) is 31.9 Å². The van der Waals surface area contributed by atoms with Crippen molar-refractivity contribution in [3.8, 4) is 11.1 Å². The van der Waals surface area contributed by atoms with Crippen LogP contribution >= 0.6 is 0 Å². The average molecular weight is 365 g/mol. The highest BCUT2D eigenvalue weighted by atomic mass is 19.1. The van der Waals surface area contributed by atoms with Gasteiger partial charge >= 0.3 is 0 Å². The van der Waals surface area contributed by atoms with Crippen molar-refractivity contribution in [2.75, 3.05) is 11.9 Å². The smallest absolute Gasteiger partial charge is 0.241 e. The maximum Gasteiger partial charge on any atom is 0.241 e. The van der Waals surface area contributed by atoms with Gasteiger partial charge < -0.3 is 5.32 Å². The minimum atomic E-state index is -1.16. The summed E-state index contributed by atoms with van der Waals surface area (Å²) in [5.74, 6) is 1.53. The molecule has 1 aliphatic carbocycles. The monoisotopic (exact) mass is 365 g/mol. The molecule has 2 atom stereocenters. The second-order valence-electron chi connectivity index (χ2n) is 7.47. The molecule has 1 saturated carbocycles. The Morgan fingerprint density at radius 3 is 3.04 bits per heavy atom. The van der Waals surface area contributed by atoms with E-state index in [2.05, 4.69) is 32.3 Å². The second-order valence-corrected chi connectivity index (χ2v) is 7.47. The molecule has 1 fully saturated rings. The van der Waals surface area contributed by atoms with Gasteiger partial charge in [-0.05, 0) is 31.2 Å². The van der Waals surface area contributed by atoms with E-state index in [-0.39, 0.29) is 6.54 Å². The number of imidazole rings is 1. The second kappa shape index (κ2) is 6.00. The molecule has 4 aromatic heterocycles. The van der Waals surface area contributed by atoms with E-state index in [9.17, 15) is 4.39 Å². The van der Waals surface area contributed by atoms with Gasteiger partial charge in [0.25, 0.3) is 0 Å². The van der Waals surface area contributed by atoms with Crippen molar-refractivity contribution in [1.29, 1.82) is 0 Å². The van der Waals surface area contributed by atoms with Crippen LogP contribution in [0, 0.1) is 5.92 Å². The number of halogens is 1. The molecule has 0 bridgehead atoms. The van der Waals surface area contributed by atoms with Crippen molar-refractivity contribution in [3.63, 3.8) is 0 Å². The van der Waals surface area contributed by atoms with Crippen LogP contribution in [0.25, 0.3) is 22.4 Å². The fraction of sp³-hybridized carbons (Fsp3) is 0.368. The van der Waals surface area contributed by atoms with Gasteiger partial charge in [-0.1, -0.05) is 6.92 Å². The Kier molecular flexibility index (Phi) is 3.60. The van der Waals surface area contributed by atoms with Crippen molar-refractivity contribution >= 4 is 17.2 Å². The van der Waals surface area contributed by atoms with E-state index >= 15 is 0 Å². The number of hydrogen-bond donors (Lipinski definition) is 1. The largest absolute Gasteiger partial charge is 0.350 e. The Bertz CT molecular complexity index is 1120. The first-order valence-electron chi connectivity index (χ1n) is 9.16. The molecule has 1 N–H and O–H groups in total. The highest BCUT2D eigenvalue weighted by Gasteiger charge is 2.37. The molecule has 8 heteroatoms. The van der Waals surface area contributed by atoms with Crippen molar-refractivity contribution in [1.82, 2.24) is 29.0 Å². The SMILES string of the molecule is CC1CCC(F)(CNc2ncc3c(-c4cnc5nccn5c4)ccn3n2)C1. The fourth-order valence-corrected chi connectivity index (χ4v) is 3.91. The third-order valence-corrected chi connectivity index (χ3v) is 5.34. The first kappa shape index (κ1) is 16.2. The summed E-state index contributed by atoms with van der Waals surface area (Å²) in [4.78, 5) is 12.9. The topological polar surface area (TPSA) is 72.4 Å². The van der Waals surface area contributed by atoms with Crippen molar-refractivity contribution in [3.05, 3.63) is 43.2 Å². The average Bonchev–Trinajstić information content (AvgIpc) is 3.37. The van der Waals surface area contributed by atoms with Gasteiger partial charge in [-0.3, -0.25) is 4.40 Å². The summed E-state index contributed by atoms with van der Waals surface area (Å²) in [6, 6.07) is 1.98. The summed E-state index contributed by atoms with van der Waals surface area (Å²) in [6.07, 6.45) is 13.1. The third kappa shape index (κ3) is 2.90. The van der Waals surface area contributed by atoms with Crippen molar-refractivity contribution < 1.29 is 4.39 Å². The summed E-state index contributed by atoms with van der Waals surface area (Å²) in [5, 5.41) is 7.54. The number of aromatic nitrogens is 6. The van der Waals surface area contributed by atoms with Crippen LogP contribution in [-0.4, -0.2) is 41.2 Å². The van der Waals surface area contributed by atoms with E-state index < -0.39 is 5.67 Å². The summed E-state index contributed by atoms with van der Waals surface area (Å²) in [5.41, 5.74) is 1.64. The predicted octanol–water partition coefficient (Wildman–Crippen LogP) is 3.38. The number of nitrogens with one attached hydrogen (secondary N) is 1. The molecule has 1 aliphatic rings. The number of alkyl halides is 1. The molecule has 27 heavy (non-hydrogen) atoms. The molecule has 4 aromatic rings. The number of fused-ring (bicyclic) bond motifs is 2. The molecule has 5 rings (SSSR count). The highest BCUT2D eigenvalue weighted by molar-refractivity contribution is 5.79. The maximum absolute atomic E-state index is 14.7. The van der Waals surface area contributed by atoms with Crippen LogP contribution < -0.4 is 5.32 Å². The van der Waals surface area contributed by atoms with Crippen molar-refractivity contribution in [2.24, 2.45) is 5.92 Å². The molecule has 0 amide bonds. The first-order valence-corrected chi connectivity index (χ1v) is 9.16. The Labute approximate surface area is 155 Å². The van der Waals surface area contributed by atoms with E-state index in [0.29, 0.717) is 30.5 Å².